The van der Waals surface area contributed by atoms with E-state index < -0.39 is 0 Å². The molecule has 0 atom stereocenters. The lowest BCUT2D eigenvalue weighted by molar-refractivity contribution is -0.0524. The third-order valence-corrected chi connectivity index (χ3v) is 1.82. The van der Waals surface area contributed by atoms with Gasteiger partial charge in [0.1, 0.15) is 0 Å². The van der Waals surface area contributed by atoms with Crippen LogP contribution in [-0.2, 0) is 9.47 Å². The Balaban J connectivity index is 2.11. The van der Waals surface area contributed by atoms with E-state index in [1.54, 1.807) is 0 Å². The van der Waals surface area contributed by atoms with E-state index in [1.165, 1.54) is 0 Å². The minimum Gasteiger partial charge on any atom is -0.350 e. The van der Waals surface area contributed by atoms with Crippen LogP contribution in [-0.4, -0.2) is 19.5 Å². The topological polar surface area (TPSA) is 18.5 Å². The molecule has 1 aliphatic heterocycles. The molecule has 0 aromatic rings. The van der Waals surface area contributed by atoms with Crippen LogP contribution in [0.3, 0.4) is 0 Å². The van der Waals surface area contributed by atoms with Crippen LogP contribution < -0.4 is 0 Å². The Morgan fingerprint density at radius 2 is 1.73 bits per heavy atom. The van der Waals surface area contributed by atoms with Gasteiger partial charge in [0, 0.05) is 0 Å². The summed E-state index contributed by atoms with van der Waals surface area (Å²) in [6, 6.07) is 0. The van der Waals surface area contributed by atoms with Gasteiger partial charge in [-0.3, -0.25) is 0 Å². The van der Waals surface area contributed by atoms with Gasteiger partial charge in [0.05, 0.1) is 13.2 Å². The Bertz CT molecular complexity index is 109. The van der Waals surface area contributed by atoms with Gasteiger partial charge in [-0.25, -0.2) is 0 Å². The van der Waals surface area contributed by atoms with Crippen molar-refractivity contribution in [2.75, 3.05) is 13.2 Å². The van der Waals surface area contributed by atoms with E-state index in [-0.39, 0.29) is 6.29 Å². The van der Waals surface area contributed by atoms with Crippen LogP contribution in [0.2, 0.25) is 0 Å². The van der Waals surface area contributed by atoms with Gasteiger partial charge < -0.3 is 9.47 Å². The summed E-state index contributed by atoms with van der Waals surface area (Å²) >= 11 is 0. The average molecular weight is 158 g/mol. The lowest BCUT2D eigenvalue weighted by Gasteiger charge is -2.19. The molecule has 66 valence electrons. The van der Waals surface area contributed by atoms with Gasteiger partial charge in [-0.15, -0.1) is 0 Å². The molecule has 0 spiro atoms. The molecule has 1 heterocycles. The normalized spacial score (nSPS) is 21.0. The summed E-state index contributed by atoms with van der Waals surface area (Å²) in [6.45, 7) is 8.26. The molecule has 0 bridgehead atoms. The maximum Gasteiger partial charge on any atom is 0.157 e. The summed E-state index contributed by atoms with van der Waals surface area (Å²) in [4.78, 5) is 0. The number of rotatable bonds is 2. The zero-order valence-corrected chi connectivity index (χ0v) is 7.72. The molecule has 0 unspecified atom stereocenters. The maximum absolute atomic E-state index is 5.33. The zero-order valence-electron chi connectivity index (χ0n) is 7.72. The second-order valence-corrected chi connectivity index (χ2v) is 4.27. The lowest BCUT2D eigenvalue weighted by Crippen LogP contribution is -2.13. The van der Waals surface area contributed by atoms with Crippen molar-refractivity contribution in [1.29, 1.82) is 0 Å². The molecule has 0 aromatic carbocycles. The fraction of sp³-hybridized carbons (Fsp3) is 1.00. The number of hydrogen-bond donors (Lipinski definition) is 0. The highest BCUT2D eigenvalue weighted by Gasteiger charge is 2.19. The molecule has 0 radical (unpaired) electrons. The summed E-state index contributed by atoms with van der Waals surface area (Å²) in [5.74, 6) is 0. The van der Waals surface area contributed by atoms with E-state index in [2.05, 4.69) is 20.8 Å². The van der Waals surface area contributed by atoms with Crippen molar-refractivity contribution >= 4 is 0 Å². The van der Waals surface area contributed by atoms with E-state index in [0.29, 0.717) is 5.41 Å². The monoisotopic (exact) mass is 158 g/mol. The Morgan fingerprint density at radius 3 is 2.18 bits per heavy atom. The zero-order chi connectivity index (χ0) is 8.32. The highest BCUT2D eigenvalue weighted by molar-refractivity contribution is 4.63. The predicted molar refractivity (Wildman–Crippen MR) is 44.4 cm³/mol. The molecule has 0 aromatic heterocycles. The van der Waals surface area contributed by atoms with Crippen LogP contribution in [0.15, 0.2) is 0 Å². The van der Waals surface area contributed by atoms with Crippen molar-refractivity contribution in [2.24, 2.45) is 5.41 Å². The van der Waals surface area contributed by atoms with Gasteiger partial charge in [0.15, 0.2) is 6.29 Å². The summed E-state index contributed by atoms with van der Waals surface area (Å²) in [5.41, 5.74) is 0.398. The van der Waals surface area contributed by atoms with Gasteiger partial charge in [-0.2, -0.15) is 0 Å². The molecule has 0 amide bonds. The van der Waals surface area contributed by atoms with Gasteiger partial charge in [0.2, 0.25) is 0 Å². The first-order chi connectivity index (χ1) is 5.08. The van der Waals surface area contributed by atoms with Crippen molar-refractivity contribution in [1.82, 2.24) is 0 Å². The van der Waals surface area contributed by atoms with E-state index in [1.807, 2.05) is 0 Å². The Morgan fingerprint density at radius 1 is 1.18 bits per heavy atom. The lowest BCUT2D eigenvalue weighted by atomic mass is 9.90. The summed E-state index contributed by atoms with van der Waals surface area (Å²) in [7, 11) is 0. The molecule has 2 nitrogen and oxygen atoms in total. The van der Waals surface area contributed by atoms with Crippen LogP contribution in [0.1, 0.15) is 33.6 Å². The van der Waals surface area contributed by atoms with E-state index in [0.717, 1.165) is 26.1 Å². The fourth-order valence-electron chi connectivity index (χ4n) is 1.12. The summed E-state index contributed by atoms with van der Waals surface area (Å²) in [6.07, 6.45) is 2.27. The number of ether oxygens (including phenoxy) is 2. The fourth-order valence-corrected chi connectivity index (χ4v) is 1.12. The van der Waals surface area contributed by atoms with Crippen molar-refractivity contribution in [3.63, 3.8) is 0 Å². The quantitative estimate of drug-likeness (QED) is 0.613. The second kappa shape index (κ2) is 3.55. The van der Waals surface area contributed by atoms with Crippen LogP contribution in [0.25, 0.3) is 0 Å². The first kappa shape index (κ1) is 9.01. The third-order valence-electron chi connectivity index (χ3n) is 1.82. The van der Waals surface area contributed by atoms with Crippen molar-refractivity contribution < 1.29 is 9.47 Å². The Hall–Kier alpha value is -0.0800. The van der Waals surface area contributed by atoms with Crippen LogP contribution in [0, 0.1) is 5.41 Å². The van der Waals surface area contributed by atoms with Crippen molar-refractivity contribution in [2.45, 2.75) is 39.9 Å². The molecule has 1 aliphatic rings. The van der Waals surface area contributed by atoms with Gasteiger partial charge in [-0.1, -0.05) is 20.8 Å². The summed E-state index contributed by atoms with van der Waals surface area (Å²) < 4.78 is 10.7. The minimum atomic E-state index is 0.0780. The van der Waals surface area contributed by atoms with E-state index in [4.69, 9.17) is 9.47 Å². The third kappa shape index (κ3) is 3.73. The molecule has 1 fully saturated rings. The van der Waals surface area contributed by atoms with Crippen molar-refractivity contribution in [3.05, 3.63) is 0 Å². The molecule has 0 saturated carbocycles. The standard InChI is InChI=1S/C9H18O2/c1-9(2,3)5-4-8-10-6-7-11-8/h8H,4-7H2,1-3H3. The highest BCUT2D eigenvalue weighted by atomic mass is 16.7. The molecular formula is C9H18O2. The molecule has 0 N–H and O–H groups in total. The van der Waals surface area contributed by atoms with Gasteiger partial charge in [0.25, 0.3) is 0 Å². The first-order valence-electron chi connectivity index (χ1n) is 4.31. The van der Waals surface area contributed by atoms with Crippen molar-refractivity contribution in [3.8, 4) is 0 Å². The minimum absolute atomic E-state index is 0.0780. The first-order valence-corrected chi connectivity index (χ1v) is 4.31. The van der Waals surface area contributed by atoms with Crippen LogP contribution >= 0.6 is 0 Å². The highest BCUT2D eigenvalue weighted by Crippen LogP contribution is 2.23. The Labute approximate surface area is 68.9 Å². The molecule has 1 saturated heterocycles. The molecular weight excluding hydrogens is 140 g/mol. The van der Waals surface area contributed by atoms with E-state index >= 15 is 0 Å². The maximum atomic E-state index is 5.33. The SMILES string of the molecule is CC(C)(C)CCC1OCCO1. The smallest absolute Gasteiger partial charge is 0.157 e. The predicted octanol–water partition coefficient (Wildman–Crippen LogP) is 2.19. The number of hydrogen-bond acceptors (Lipinski definition) is 2. The van der Waals surface area contributed by atoms with Crippen LogP contribution in [0.5, 0.6) is 0 Å². The summed E-state index contributed by atoms with van der Waals surface area (Å²) in [5, 5.41) is 0. The van der Waals surface area contributed by atoms with Gasteiger partial charge in [-0.05, 0) is 18.3 Å². The molecule has 11 heavy (non-hydrogen) atoms. The molecule has 0 aliphatic carbocycles. The second-order valence-electron chi connectivity index (χ2n) is 4.27. The van der Waals surface area contributed by atoms with Gasteiger partial charge >= 0.3 is 0 Å². The Kier molecular flexibility index (Phi) is 2.90. The van der Waals surface area contributed by atoms with Crippen LogP contribution in [0.4, 0.5) is 0 Å². The molecule has 2 heteroatoms. The molecule has 1 rings (SSSR count). The largest absolute Gasteiger partial charge is 0.350 e. The average Bonchev–Trinajstić information content (AvgIpc) is 2.32. The van der Waals surface area contributed by atoms with E-state index in [9.17, 15) is 0 Å².